The van der Waals surface area contributed by atoms with Crippen molar-refractivity contribution in [3.05, 3.63) is 71.7 Å². The number of hydrogen-bond acceptors (Lipinski definition) is 11. The van der Waals surface area contributed by atoms with Crippen molar-refractivity contribution in [2.45, 2.75) is 71.3 Å². The van der Waals surface area contributed by atoms with Crippen LogP contribution in [0.15, 0.2) is 48.9 Å². The third-order valence-corrected chi connectivity index (χ3v) is 9.29. The molecule has 2 aromatic heterocycles. The quantitative estimate of drug-likeness (QED) is 0.0585. The Morgan fingerprint density at radius 1 is 0.823 bits per heavy atom. The van der Waals surface area contributed by atoms with Gasteiger partial charge in [-0.3, -0.25) is 20.0 Å². The molecular weight excluding hydrogens is 862 g/mol. The van der Waals surface area contributed by atoms with E-state index in [-0.39, 0.29) is 21.5 Å². The number of alkyl carbamates (subject to hydrolysis) is 2. The van der Waals surface area contributed by atoms with Crippen molar-refractivity contribution in [1.29, 1.82) is 0 Å². The second-order valence-electron chi connectivity index (χ2n) is 14.3. The molecule has 4 amide bonds. The molecule has 342 valence electrons. The van der Waals surface area contributed by atoms with E-state index in [1.54, 1.807) is 10.6 Å². The van der Waals surface area contributed by atoms with E-state index in [0.29, 0.717) is 44.8 Å². The van der Waals surface area contributed by atoms with Gasteiger partial charge in [-0.15, -0.1) is 0 Å². The van der Waals surface area contributed by atoms with Gasteiger partial charge in [0.15, 0.2) is 0 Å². The minimum atomic E-state index is -5.22. The summed E-state index contributed by atoms with van der Waals surface area (Å²) in [4.78, 5) is 68.3. The summed E-state index contributed by atoms with van der Waals surface area (Å²) in [5.74, 6) is -7.37. The number of pyridine rings is 1. The summed E-state index contributed by atoms with van der Waals surface area (Å²) < 4.78 is 157. The minimum Gasteiger partial charge on any atom is -0.455 e. The molecule has 1 aromatic carbocycles. The Kier molecular flexibility index (Phi) is 16.3. The van der Waals surface area contributed by atoms with Crippen molar-refractivity contribution in [2.75, 3.05) is 27.3 Å². The number of carbonyl (C=O) groups is 5. The number of rotatable bonds is 17. The molecule has 0 saturated heterocycles. The first-order valence-electron chi connectivity index (χ1n) is 17.7. The van der Waals surface area contributed by atoms with Gasteiger partial charge in [-0.1, -0.05) is 0 Å². The van der Waals surface area contributed by atoms with Gasteiger partial charge in [0.05, 0.1) is 49.4 Å². The summed E-state index contributed by atoms with van der Waals surface area (Å²) >= 11 is 0. The third kappa shape index (κ3) is 12.4. The number of benzene rings is 1. The molecule has 0 aliphatic carbocycles. The van der Waals surface area contributed by atoms with Gasteiger partial charge < -0.3 is 30.2 Å². The van der Waals surface area contributed by atoms with Crippen LogP contribution in [-0.4, -0.2) is 108 Å². The summed E-state index contributed by atoms with van der Waals surface area (Å²) in [7, 11) is 1.56. The molecule has 3 atom stereocenters. The van der Waals surface area contributed by atoms with E-state index in [0.717, 1.165) is 32.7 Å². The number of hydrogen-bond donors (Lipinski definition) is 4. The lowest BCUT2D eigenvalue weighted by Crippen LogP contribution is -2.62. The van der Waals surface area contributed by atoms with Crippen LogP contribution in [0.5, 0.6) is 0 Å². The number of nitrogens with zero attached hydrogens (tertiary/aromatic N) is 4. The number of amides is 4. The Morgan fingerprint density at radius 3 is 1.81 bits per heavy atom. The second-order valence-corrected chi connectivity index (χ2v) is 14.3. The van der Waals surface area contributed by atoms with Gasteiger partial charge in [0.1, 0.15) is 29.8 Å². The van der Waals surface area contributed by atoms with Crippen molar-refractivity contribution in [1.82, 2.24) is 41.1 Å². The average molecular weight is 903 g/mol. The molecule has 26 heteroatoms. The van der Waals surface area contributed by atoms with Gasteiger partial charge in [-0.05, 0) is 58.0 Å². The Balaban J connectivity index is 2.15. The van der Waals surface area contributed by atoms with E-state index in [1.165, 1.54) is 18.3 Å². The molecule has 1 unspecified atom stereocenters. The molecule has 0 saturated carbocycles. The fourth-order valence-corrected chi connectivity index (χ4v) is 5.30. The fourth-order valence-electron chi connectivity index (χ4n) is 5.30. The zero-order valence-corrected chi connectivity index (χ0v) is 33.4. The lowest BCUT2D eigenvalue weighted by Gasteiger charge is -2.37. The number of nitrogens with one attached hydrogen (secondary N) is 4. The van der Waals surface area contributed by atoms with Crippen molar-refractivity contribution in [3.8, 4) is 11.3 Å². The topological polar surface area (TPSA) is 195 Å². The van der Waals surface area contributed by atoms with Crippen LogP contribution < -0.4 is 21.4 Å². The molecule has 0 fully saturated rings. The maximum absolute atomic E-state index is 15.8. The summed E-state index contributed by atoms with van der Waals surface area (Å²) in [6.45, 7) is -4.21. The Bertz CT molecular complexity index is 2040. The normalized spacial score (nSPS) is 13.8. The van der Waals surface area contributed by atoms with Crippen molar-refractivity contribution in [3.63, 3.8) is 0 Å². The molecule has 3 aromatic rings. The lowest BCUT2D eigenvalue weighted by atomic mass is 9.83. The average Bonchev–Trinajstić information content (AvgIpc) is 3.69. The van der Waals surface area contributed by atoms with E-state index in [2.05, 4.69) is 24.9 Å². The molecule has 2 heterocycles. The standard InChI is InChI=1S/C36H40F10N8O8/c1-33(2,35(41,42)43)25(49-31(58)60-5)27(55)48-15-20(62-29(57)18-8-7-10-47-14-18)16-53(52-28(56)26(50-32(59)61-6)34(3,4)36(44,45)46)17-21-22(37)12-19(13-23(21)38)24-9-11-54(51-24)30(39)40/h7-14,20,25-26,30H,15-17H2,1-6H3,(H,48,55)(H,49,58)(H,50,59)(H,52,56)/t20-,25?,26-/m1/s1. The van der Waals surface area contributed by atoms with Crippen LogP contribution in [0.25, 0.3) is 11.3 Å². The van der Waals surface area contributed by atoms with E-state index in [1.807, 2.05) is 5.43 Å². The van der Waals surface area contributed by atoms with Crippen LogP contribution in [-0.2, 0) is 30.3 Å². The van der Waals surface area contributed by atoms with Gasteiger partial charge >= 0.3 is 37.1 Å². The van der Waals surface area contributed by atoms with E-state index in [4.69, 9.17) is 4.74 Å². The molecule has 0 aliphatic rings. The van der Waals surface area contributed by atoms with Crippen LogP contribution in [0, 0.1) is 22.5 Å². The molecular formula is C36H40F10N8O8. The molecule has 16 nitrogen and oxygen atoms in total. The van der Waals surface area contributed by atoms with E-state index < -0.39 is 115 Å². The van der Waals surface area contributed by atoms with Gasteiger partial charge in [0, 0.05) is 36.3 Å². The summed E-state index contributed by atoms with van der Waals surface area (Å²) in [5.41, 5.74) is -6.04. The highest BCUT2D eigenvalue weighted by atomic mass is 19.4. The monoisotopic (exact) mass is 902 g/mol. The van der Waals surface area contributed by atoms with E-state index in [9.17, 15) is 59.1 Å². The Morgan fingerprint density at radius 2 is 1.35 bits per heavy atom. The van der Waals surface area contributed by atoms with Crippen LogP contribution >= 0.6 is 0 Å². The van der Waals surface area contributed by atoms with Crippen LogP contribution in [0.1, 0.15) is 50.2 Å². The number of carbonyl (C=O) groups excluding carboxylic acids is 5. The zero-order chi connectivity index (χ0) is 47.0. The first kappa shape index (κ1) is 50.1. The molecule has 0 spiro atoms. The number of ether oxygens (including phenoxy) is 3. The smallest absolute Gasteiger partial charge is 0.407 e. The van der Waals surface area contributed by atoms with Crippen LogP contribution in [0.2, 0.25) is 0 Å². The maximum atomic E-state index is 15.8. The predicted octanol–water partition coefficient (Wildman–Crippen LogP) is 5.42. The van der Waals surface area contributed by atoms with E-state index >= 15 is 8.78 Å². The van der Waals surface area contributed by atoms with Crippen LogP contribution in [0.3, 0.4) is 0 Å². The minimum absolute atomic E-state index is 0.182. The van der Waals surface area contributed by atoms with Gasteiger partial charge in [-0.25, -0.2) is 32.9 Å². The molecule has 0 aliphatic heterocycles. The summed E-state index contributed by atoms with van der Waals surface area (Å²) in [6, 6.07) is -0.240. The first-order valence-corrected chi connectivity index (χ1v) is 17.7. The zero-order valence-electron chi connectivity index (χ0n) is 33.4. The largest absolute Gasteiger partial charge is 0.455 e. The summed E-state index contributed by atoms with van der Waals surface area (Å²) in [6.07, 6.45) is -12.2. The highest BCUT2D eigenvalue weighted by Gasteiger charge is 2.57. The second kappa shape index (κ2) is 20.1. The Hall–Kier alpha value is -6.21. The number of halogens is 10. The molecule has 62 heavy (non-hydrogen) atoms. The predicted molar refractivity (Wildman–Crippen MR) is 192 cm³/mol. The first-order chi connectivity index (χ1) is 28.6. The number of methoxy groups -OCH3 is 2. The van der Waals surface area contributed by atoms with Gasteiger partial charge in [0.25, 0.3) is 5.91 Å². The van der Waals surface area contributed by atoms with Gasteiger partial charge in [0.2, 0.25) is 5.91 Å². The highest BCUT2D eigenvalue weighted by Crippen LogP contribution is 2.41. The van der Waals surface area contributed by atoms with Crippen molar-refractivity contribution in [2.24, 2.45) is 10.8 Å². The maximum Gasteiger partial charge on any atom is 0.407 e. The SMILES string of the molecule is COC(=O)NC(C(=O)NC[C@H](CN(Cc1c(F)cc(-c2ccn(C(F)F)n2)cc1F)NC(=O)[C@@H](NC(=O)OC)C(C)(C)C(F)(F)F)OC(=O)c1cccnc1)C(C)(C)C(F)(F)F. The fraction of sp³-hybridized carbons (Fsp3) is 0.472. The lowest BCUT2D eigenvalue weighted by molar-refractivity contribution is -0.221. The Labute approximate surface area is 345 Å². The molecule has 3 rings (SSSR count). The van der Waals surface area contributed by atoms with Crippen LogP contribution in [0.4, 0.5) is 53.5 Å². The highest BCUT2D eigenvalue weighted by molar-refractivity contribution is 5.89. The molecule has 4 N–H and O–H groups in total. The third-order valence-electron chi connectivity index (χ3n) is 9.29. The molecule has 0 radical (unpaired) electrons. The van der Waals surface area contributed by atoms with Gasteiger partial charge in [-0.2, -0.15) is 40.2 Å². The summed E-state index contributed by atoms with van der Waals surface area (Å²) in [5, 5.41) is 9.56. The number of alkyl halides is 8. The number of aromatic nitrogens is 3. The molecule has 0 bridgehead atoms. The number of esters is 1. The van der Waals surface area contributed by atoms with Crippen molar-refractivity contribution >= 4 is 30.0 Å². The number of hydrazine groups is 1. The van der Waals surface area contributed by atoms with Crippen molar-refractivity contribution < 1.29 is 82.1 Å².